The van der Waals surface area contributed by atoms with Crippen LogP contribution >= 0.6 is 24.0 Å². The van der Waals surface area contributed by atoms with Gasteiger partial charge in [-0.25, -0.2) is 0 Å². The molecule has 3 N–H and O–H groups in total. The Bertz CT molecular complexity index is 787. The highest BCUT2D eigenvalue weighted by atomic mass is 127. The number of nitrogens with zero attached hydrogens (tertiary/aromatic N) is 3. The van der Waals surface area contributed by atoms with Gasteiger partial charge in [0.15, 0.2) is 5.96 Å². The SMILES string of the molecule is CCc1cccc(NC(=O)CNC(=NC)NCCCn2nc(C)cc2C)c1.I. The molecule has 0 aliphatic carbocycles. The van der Waals surface area contributed by atoms with Crippen LogP contribution in [0.5, 0.6) is 0 Å². The summed E-state index contributed by atoms with van der Waals surface area (Å²) >= 11 is 0. The Labute approximate surface area is 184 Å². The zero-order valence-corrected chi connectivity index (χ0v) is 19.4. The van der Waals surface area contributed by atoms with Crippen LogP contribution in [0.25, 0.3) is 0 Å². The first-order valence-electron chi connectivity index (χ1n) is 9.36. The molecular weight excluding hydrogens is 467 g/mol. The first-order valence-corrected chi connectivity index (χ1v) is 9.36. The van der Waals surface area contributed by atoms with Crippen LogP contribution in [-0.2, 0) is 17.8 Å². The standard InChI is InChI=1S/C20H30N6O.HI/c1-5-17-8-6-9-18(13-17)24-19(27)14-23-20(21-4)22-10-7-11-26-16(3)12-15(2)25-26;/h6,8-9,12-13H,5,7,10-11,14H2,1-4H3,(H,24,27)(H2,21,22,23);1H. The van der Waals surface area contributed by atoms with Gasteiger partial charge in [0.25, 0.3) is 0 Å². The van der Waals surface area contributed by atoms with Crippen LogP contribution in [0, 0.1) is 13.8 Å². The summed E-state index contributed by atoms with van der Waals surface area (Å²) in [7, 11) is 1.69. The lowest BCUT2D eigenvalue weighted by Gasteiger charge is -2.12. The number of carbonyl (C=O) groups excluding carboxylic acids is 1. The first-order chi connectivity index (χ1) is 13.0. The van der Waals surface area contributed by atoms with Crippen molar-refractivity contribution in [3.8, 4) is 0 Å². The van der Waals surface area contributed by atoms with Crippen molar-refractivity contribution in [2.45, 2.75) is 40.2 Å². The zero-order chi connectivity index (χ0) is 19.6. The van der Waals surface area contributed by atoms with E-state index in [0.717, 1.165) is 37.3 Å². The van der Waals surface area contributed by atoms with Crippen LogP contribution in [0.4, 0.5) is 5.69 Å². The fourth-order valence-electron chi connectivity index (χ4n) is 2.80. The summed E-state index contributed by atoms with van der Waals surface area (Å²) in [5, 5.41) is 13.6. The number of aryl methyl sites for hydroxylation is 4. The molecule has 0 unspecified atom stereocenters. The fraction of sp³-hybridized carbons (Fsp3) is 0.450. The zero-order valence-electron chi connectivity index (χ0n) is 17.1. The van der Waals surface area contributed by atoms with Gasteiger partial charge in [-0.15, -0.1) is 24.0 Å². The number of carbonyl (C=O) groups is 1. The number of amides is 1. The van der Waals surface area contributed by atoms with E-state index in [1.807, 2.05) is 35.9 Å². The van der Waals surface area contributed by atoms with Crippen molar-refractivity contribution in [1.29, 1.82) is 0 Å². The molecule has 2 rings (SSSR count). The summed E-state index contributed by atoms with van der Waals surface area (Å²) in [4.78, 5) is 16.3. The van der Waals surface area contributed by atoms with Crippen LogP contribution in [0.15, 0.2) is 35.3 Å². The van der Waals surface area contributed by atoms with Gasteiger partial charge in [0, 0.05) is 31.5 Å². The second-order valence-corrected chi connectivity index (χ2v) is 6.46. The van der Waals surface area contributed by atoms with Crippen molar-refractivity contribution in [2.24, 2.45) is 4.99 Å². The lowest BCUT2D eigenvalue weighted by Crippen LogP contribution is -2.41. The number of aromatic nitrogens is 2. The van der Waals surface area contributed by atoms with E-state index >= 15 is 0 Å². The molecule has 0 saturated carbocycles. The Morgan fingerprint density at radius 3 is 2.64 bits per heavy atom. The molecule has 2 aromatic rings. The number of nitrogens with one attached hydrogen (secondary N) is 3. The van der Waals surface area contributed by atoms with Crippen LogP contribution < -0.4 is 16.0 Å². The second kappa shape index (κ2) is 12.4. The minimum Gasteiger partial charge on any atom is -0.356 e. The van der Waals surface area contributed by atoms with Crippen LogP contribution in [-0.4, -0.2) is 41.8 Å². The number of rotatable bonds is 8. The Balaban J connectivity index is 0.00000392. The molecular formula is C20H31IN6O. The smallest absolute Gasteiger partial charge is 0.243 e. The molecule has 0 spiro atoms. The normalized spacial score (nSPS) is 10.9. The molecule has 0 saturated heterocycles. The summed E-state index contributed by atoms with van der Waals surface area (Å²) < 4.78 is 2.01. The third-order valence-corrected chi connectivity index (χ3v) is 4.20. The molecule has 0 bridgehead atoms. The molecule has 1 aromatic heterocycles. The summed E-state index contributed by atoms with van der Waals surface area (Å²) in [6.07, 6.45) is 1.86. The first kappa shape index (κ1) is 23.9. The monoisotopic (exact) mass is 498 g/mol. The minimum absolute atomic E-state index is 0. The van der Waals surface area contributed by atoms with Crippen molar-refractivity contribution in [3.63, 3.8) is 0 Å². The van der Waals surface area contributed by atoms with E-state index in [-0.39, 0.29) is 36.4 Å². The number of aliphatic imine (C=N–C) groups is 1. The van der Waals surface area contributed by atoms with E-state index in [4.69, 9.17) is 0 Å². The van der Waals surface area contributed by atoms with E-state index in [9.17, 15) is 4.79 Å². The summed E-state index contributed by atoms with van der Waals surface area (Å²) in [6, 6.07) is 9.95. The van der Waals surface area contributed by atoms with Crippen molar-refractivity contribution < 1.29 is 4.79 Å². The van der Waals surface area contributed by atoms with Crippen molar-refractivity contribution in [1.82, 2.24) is 20.4 Å². The maximum absolute atomic E-state index is 12.1. The second-order valence-electron chi connectivity index (χ2n) is 6.46. The van der Waals surface area contributed by atoms with Gasteiger partial charge in [0.05, 0.1) is 12.2 Å². The average Bonchev–Trinajstić information content (AvgIpc) is 2.98. The van der Waals surface area contributed by atoms with Gasteiger partial charge in [-0.1, -0.05) is 19.1 Å². The molecule has 8 heteroatoms. The predicted molar refractivity (Wildman–Crippen MR) is 126 cm³/mol. The van der Waals surface area contributed by atoms with Crippen LogP contribution in [0.2, 0.25) is 0 Å². The Hall–Kier alpha value is -2.10. The maximum Gasteiger partial charge on any atom is 0.243 e. The quantitative estimate of drug-likeness (QED) is 0.226. The highest BCUT2D eigenvalue weighted by Crippen LogP contribution is 2.10. The summed E-state index contributed by atoms with van der Waals surface area (Å²) in [5.74, 6) is 0.509. The molecule has 1 heterocycles. The molecule has 1 amide bonds. The van der Waals surface area contributed by atoms with Crippen molar-refractivity contribution >= 4 is 41.5 Å². The van der Waals surface area contributed by atoms with Gasteiger partial charge in [-0.05, 0) is 50.5 Å². The lowest BCUT2D eigenvalue weighted by atomic mass is 10.1. The number of hydrogen-bond acceptors (Lipinski definition) is 3. The third kappa shape index (κ3) is 7.87. The van der Waals surface area contributed by atoms with Crippen molar-refractivity contribution in [3.05, 3.63) is 47.3 Å². The van der Waals surface area contributed by atoms with E-state index in [1.54, 1.807) is 7.05 Å². The molecule has 0 aliphatic rings. The Morgan fingerprint density at radius 1 is 1.21 bits per heavy atom. The third-order valence-electron chi connectivity index (χ3n) is 4.20. The van der Waals surface area contributed by atoms with E-state index < -0.39 is 0 Å². The number of halogens is 1. The largest absolute Gasteiger partial charge is 0.356 e. The highest BCUT2D eigenvalue weighted by Gasteiger charge is 2.05. The number of guanidine groups is 1. The summed E-state index contributed by atoms with van der Waals surface area (Å²) in [6.45, 7) is 7.90. The van der Waals surface area contributed by atoms with Gasteiger partial charge >= 0.3 is 0 Å². The summed E-state index contributed by atoms with van der Waals surface area (Å²) in [5.41, 5.74) is 4.21. The maximum atomic E-state index is 12.1. The van der Waals surface area contributed by atoms with Gasteiger partial charge in [0.2, 0.25) is 5.91 Å². The lowest BCUT2D eigenvalue weighted by molar-refractivity contribution is -0.115. The van der Waals surface area contributed by atoms with Crippen LogP contribution in [0.1, 0.15) is 30.3 Å². The van der Waals surface area contributed by atoms with Gasteiger partial charge < -0.3 is 16.0 Å². The van der Waals surface area contributed by atoms with Crippen LogP contribution in [0.3, 0.4) is 0 Å². The number of anilines is 1. The molecule has 0 fully saturated rings. The highest BCUT2D eigenvalue weighted by molar-refractivity contribution is 14.0. The molecule has 0 aliphatic heterocycles. The van der Waals surface area contributed by atoms with Gasteiger partial charge in [0.1, 0.15) is 0 Å². The molecule has 7 nitrogen and oxygen atoms in total. The fourth-order valence-corrected chi connectivity index (χ4v) is 2.80. The van der Waals surface area contributed by atoms with E-state index in [2.05, 4.69) is 46.0 Å². The Morgan fingerprint density at radius 2 is 2.00 bits per heavy atom. The molecule has 0 radical (unpaired) electrons. The topological polar surface area (TPSA) is 83.3 Å². The van der Waals surface area contributed by atoms with Gasteiger partial charge in [-0.3, -0.25) is 14.5 Å². The van der Waals surface area contributed by atoms with Gasteiger partial charge in [-0.2, -0.15) is 5.10 Å². The predicted octanol–water partition coefficient (Wildman–Crippen LogP) is 2.87. The Kier molecular flexibility index (Phi) is 10.6. The minimum atomic E-state index is -0.103. The average molecular weight is 498 g/mol. The van der Waals surface area contributed by atoms with E-state index in [0.29, 0.717) is 5.96 Å². The molecule has 0 atom stereocenters. The number of hydrogen-bond donors (Lipinski definition) is 3. The van der Waals surface area contributed by atoms with E-state index in [1.165, 1.54) is 11.3 Å². The molecule has 154 valence electrons. The van der Waals surface area contributed by atoms with Crippen molar-refractivity contribution in [2.75, 3.05) is 25.5 Å². The molecule has 1 aromatic carbocycles. The molecule has 28 heavy (non-hydrogen) atoms. The number of benzene rings is 1.